The molecule has 0 bridgehead atoms. The first kappa shape index (κ1) is 34.8. The van der Waals surface area contributed by atoms with E-state index >= 15 is 0 Å². The van der Waals surface area contributed by atoms with Crippen LogP contribution in [0.3, 0.4) is 0 Å². The van der Waals surface area contributed by atoms with Crippen molar-refractivity contribution < 1.29 is 27.5 Å². The van der Waals surface area contributed by atoms with Crippen LogP contribution in [0.1, 0.15) is 46.5 Å². The van der Waals surface area contributed by atoms with E-state index in [0.717, 1.165) is 23.4 Å². The van der Waals surface area contributed by atoms with Crippen LogP contribution in [-0.4, -0.2) is 85.1 Å². The van der Waals surface area contributed by atoms with Crippen LogP contribution in [0.5, 0.6) is 0 Å². The lowest BCUT2D eigenvalue weighted by atomic mass is 10.2. The van der Waals surface area contributed by atoms with Gasteiger partial charge in [-0.25, -0.2) is 4.79 Å². The van der Waals surface area contributed by atoms with Crippen molar-refractivity contribution in [2.24, 2.45) is 0 Å². The molecule has 0 atom stereocenters. The number of hydrogen-bond donors (Lipinski definition) is 2. The summed E-state index contributed by atoms with van der Waals surface area (Å²) in [6, 6.07) is 6.66. The largest absolute Gasteiger partial charge is 0.486 e. The van der Waals surface area contributed by atoms with Crippen LogP contribution >= 0.6 is 11.6 Å². The van der Waals surface area contributed by atoms with Gasteiger partial charge in [0.05, 0.1) is 6.61 Å². The van der Waals surface area contributed by atoms with E-state index in [1.807, 2.05) is 0 Å². The van der Waals surface area contributed by atoms with Gasteiger partial charge >= 0.3 is 16.3 Å². The van der Waals surface area contributed by atoms with E-state index in [2.05, 4.69) is 18.5 Å². The third-order valence-electron chi connectivity index (χ3n) is 6.02. The lowest BCUT2D eigenvalue weighted by molar-refractivity contribution is -0.116. The van der Waals surface area contributed by atoms with Crippen LogP contribution in [0, 0.1) is 5.41 Å². The Morgan fingerprint density at radius 3 is 2.36 bits per heavy atom. The van der Waals surface area contributed by atoms with Gasteiger partial charge in [0.1, 0.15) is 11.3 Å². The number of hydrogen-bond acceptors (Lipinski definition) is 8. The van der Waals surface area contributed by atoms with Gasteiger partial charge in [0, 0.05) is 49.6 Å². The van der Waals surface area contributed by atoms with Crippen LogP contribution < -0.4 is 5.32 Å². The first-order chi connectivity index (χ1) is 19.8. The maximum atomic E-state index is 13.5. The number of anilines is 1. The van der Waals surface area contributed by atoms with Crippen LogP contribution in [0.2, 0.25) is 5.02 Å². The number of carbonyl (C=O) groups excluding carboxylic acids is 2. The lowest BCUT2D eigenvalue weighted by Crippen LogP contribution is -2.55. The summed E-state index contributed by atoms with van der Waals surface area (Å²) in [5, 5.41) is 11.3. The molecule has 0 saturated carbocycles. The fourth-order valence-electron chi connectivity index (χ4n) is 4.00. The Labute approximate surface area is 254 Å². The molecular formula is C29H42ClN5O6S. The number of benzene rings is 1. The van der Waals surface area contributed by atoms with Crippen molar-refractivity contribution in [2.45, 2.75) is 52.1 Å². The average Bonchev–Trinajstić information content (AvgIpc) is 2.91. The Morgan fingerprint density at radius 1 is 1.12 bits per heavy atom. The molecule has 1 heterocycles. The number of amides is 2. The van der Waals surface area contributed by atoms with Crippen molar-refractivity contribution in [3.63, 3.8) is 0 Å². The molecule has 2 N–H and O–H groups in total. The second-order valence-corrected chi connectivity index (χ2v) is 12.8. The Balaban J connectivity index is 2.28. The lowest BCUT2D eigenvalue weighted by Gasteiger charge is -2.38. The summed E-state index contributed by atoms with van der Waals surface area (Å²) in [5.74, 6) is -0.615. The van der Waals surface area contributed by atoms with Gasteiger partial charge in [-0.3, -0.25) is 4.79 Å². The van der Waals surface area contributed by atoms with Crippen molar-refractivity contribution in [3.05, 3.63) is 66.1 Å². The van der Waals surface area contributed by atoms with Crippen LogP contribution in [0.25, 0.3) is 0 Å². The molecule has 0 radical (unpaired) electrons. The van der Waals surface area contributed by atoms with Crippen molar-refractivity contribution >= 4 is 45.7 Å². The SMILES string of the molecule is C=CCCCCOC(C(=O)Nc1cccc(Cl)c1)=C(C=N)N1CCN(S(=O)(=O)N(CCC=C)C(=O)OC(C)(C)C)CC1. The highest BCUT2D eigenvalue weighted by atomic mass is 35.5. The molecular weight excluding hydrogens is 582 g/mol. The van der Waals surface area contributed by atoms with E-state index in [1.165, 1.54) is 10.4 Å². The van der Waals surface area contributed by atoms with Crippen LogP contribution in [0.4, 0.5) is 10.5 Å². The maximum absolute atomic E-state index is 13.5. The highest BCUT2D eigenvalue weighted by Crippen LogP contribution is 2.22. The summed E-state index contributed by atoms with van der Waals surface area (Å²) in [6.45, 7) is 12.8. The maximum Gasteiger partial charge on any atom is 0.425 e. The number of nitrogens with one attached hydrogen (secondary N) is 2. The molecule has 11 nitrogen and oxygen atoms in total. The van der Waals surface area contributed by atoms with Gasteiger partial charge < -0.3 is 25.1 Å². The first-order valence-electron chi connectivity index (χ1n) is 13.8. The molecule has 13 heteroatoms. The molecule has 0 unspecified atom stereocenters. The Morgan fingerprint density at radius 2 is 1.79 bits per heavy atom. The number of ether oxygens (including phenoxy) is 2. The molecule has 0 aliphatic carbocycles. The Hall–Kier alpha value is -3.35. The third-order valence-corrected chi connectivity index (χ3v) is 8.17. The summed E-state index contributed by atoms with van der Waals surface area (Å²) < 4.78 is 40.2. The van der Waals surface area contributed by atoms with Crippen LogP contribution in [0.15, 0.2) is 61.0 Å². The topological polar surface area (TPSA) is 132 Å². The van der Waals surface area contributed by atoms with E-state index < -0.39 is 27.8 Å². The van der Waals surface area contributed by atoms with Gasteiger partial charge in [0.15, 0.2) is 0 Å². The molecule has 1 saturated heterocycles. The number of unbranched alkanes of at least 4 members (excludes halogenated alkanes) is 2. The summed E-state index contributed by atoms with van der Waals surface area (Å²) >= 11 is 6.07. The van der Waals surface area contributed by atoms with Gasteiger partial charge in [-0.1, -0.05) is 29.8 Å². The third kappa shape index (κ3) is 10.5. The minimum Gasteiger partial charge on any atom is -0.486 e. The predicted octanol–water partition coefficient (Wildman–Crippen LogP) is 5.19. The second kappa shape index (κ2) is 16.3. The summed E-state index contributed by atoms with van der Waals surface area (Å²) in [6.07, 6.45) is 5.95. The molecule has 1 aromatic rings. The molecule has 42 heavy (non-hydrogen) atoms. The Kier molecular flexibility index (Phi) is 13.5. The fourth-order valence-corrected chi connectivity index (χ4v) is 5.65. The van der Waals surface area contributed by atoms with Gasteiger partial charge in [-0.15, -0.1) is 13.2 Å². The van der Waals surface area contributed by atoms with Crippen molar-refractivity contribution in [1.82, 2.24) is 13.5 Å². The summed E-state index contributed by atoms with van der Waals surface area (Å²) in [5.41, 5.74) is -0.206. The standard InChI is InChI=1S/C29H42ClN5O6S/c1-6-8-10-11-20-40-26(27(36)32-24-14-12-13-23(30)21-24)25(22-31)33-16-18-34(19-17-33)42(38,39)35(15-9-7-2)28(37)41-29(3,4)5/h6-7,12-14,21-22,31H,1-2,8-11,15-20H2,3-5H3,(H,32,36). The zero-order chi connectivity index (χ0) is 31.3. The monoisotopic (exact) mass is 623 g/mol. The predicted molar refractivity (Wildman–Crippen MR) is 166 cm³/mol. The molecule has 0 spiro atoms. The highest BCUT2D eigenvalue weighted by molar-refractivity contribution is 7.87. The minimum absolute atomic E-state index is 0.00951. The van der Waals surface area contributed by atoms with Crippen molar-refractivity contribution in [2.75, 3.05) is 44.6 Å². The van der Waals surface area contributed by atoms with Crippen LogP contribution in [-0.2, 0) is 24.5 Å². The van der Waals surface area contributed by atoms with Gasteiger partial charge in [-0.2, -0.15) is 17.0 Å². The summed E-state index contributed by atoms with van der Waals surface area (Å²) in [4.78, 5) is 27.9. The number of rotatable bonds is 15. The zero-order valence-corrected chi connectivity index (χ0v) is 26.2. The number of piperazine rings is 1. The fraction of sp³-hybridized carbons (Fsp3) is 0.483. The van der Waals surface area contributed by atoms with Crippen molar-refractivity contribution in [1.29, 1.82) is 5.41 Å². The van der Waals surface area contributed by atoms with Gasteiger partial charge in [-0.05, 0) is 64.7 Å². The highest BCUT2D eigenvalue weighted by Gasteiger charge is 2.38. The molecule has 1 aliphatic heterocycles. The quantitative estimate of drug-likeness (QED) is 0.0903. The van der Waals surface area contributed by atoms with E-state index in [9.17, 15) is 18.0 Å². The molecule has 1 aliphatic rings. The van der Waals surface area contributed by atoms with Gasteiger partial charge in [0.2, 0.25) is 5.76 Å². The number of halogens is 1. The van der Waals surface area contributed by atoms with E-state index in [0.29, 0.717) is 17.1 Å². The second-order valence-electron chi connectivity index (χ2n) is 10.5. The molecule has 2 rings (SSSR count). The number of carbonyl (C=O) groups is 2. The molecule has 232 valence electrons. The number of allylic oxidation sites excluding steroid dienone is 2. The van der Waals surface area contributed by atoms with Gasteiger partial charge in [0.25, 0.3) is 5.91 Å². The summed E-state index contributed by atoms with van der Waals surface area (Å²) in [7, 11) is -4.21. The minimum atomic E-state index is -4.21. The normalized spacial score (nSPS) is 14.8. The zero-order valence-electron chi connectivity index (χ0n) is 24.6. The molecule has 2 amide bonds. The van der Waals surface area contributed by atoms with E-state index in [1.54, 1.807) is 56.0 Å². The van der Waals surface area contributed by atoms with Crippen molar-refractivity contribution in [3.8, 4) is 0 Å². The van der Waals surface area contributed by atoms with E-state index in [4.69, 9.17) is 26.5 Å². The average molecular weight is 624 g/mol. The number of nitrogens with zero attached hydrogens (tertiary/aromatic N) is 3. The molecule has 1 aromatic carbocycles. The molecule has 1 fully saturated rings. The molecule has 0 aromatic heterocycles. The smallest absolute Gasteiger partial charge is 0.425 e. The first-order valence-corrected chi connectivity index (χ1v) is 15.5. The van der Waals surface area contributed by atoms with E-state index in [-0.39, 0.29) is 57.2 Å². The Bertz CT molecular complexity index is 1250.